The second-order valence-electron chi connectivity index (χ2n) is 7.12. The molecule has 0 atom stereocenters. The summed E-state index contributed by atoms with van der Waals surface area (Å²) in [6.07, 6.45) is 2.59. The third-order valence-electron chi connectivity index (χ3n) is 4.87. The van der Waals surface area contributed by atoms with Crippen molar-refractivity contribution in [1.82, 2.24) is 0 Å². The van der Waals surface area contributed by atoms with E-state index in [2.05, 4.69) is 20.9 Å². The lowest BCUT2D eigenvalue weighted by Gasteiger charge is -2.12. The van der Waals surface area contributed by atoms with Gasteiger partial charge in [0.1, 0.15) is 0 Å². The predicted octanol–water partition coefficient (Wildman–Crippen LogP) is 5.66. The lowest BCUT2D eigenvalue weighted by atomic mass is 10.0. The summed E-state index contributed by atoms with van der Waals surface area (Å²) in [5, 5.41) is 1.98. The van der Waals surface area contributed by atoms with Gasteiger partial charge < -0.3 is 14.2 Å². The number of esters is 2. The molecule has 0 unspecified atom stereocenters. The van der Waals surface area contributed by atoms with Crippen molar-refractivity contribution in [1.29, 1.82) is 0 Å². The third-order valence-corrected chi connectivity index (χ3v) is 5.45. The molecule has 0 bridgehead atoms. The van der Waals surface area contributed by atoms with Crippen molar-refractivity contribution in [2.24, 2.45) is 4.99 Å². The van der Waals surface area contributed by atoms with Crippen molar-refractivity contribution < 1.29 is 23.8 Å². The van der Waals surface area contributed by atoms with E-state index in [-0.39, 0.29) is 17.6 Å². The van der Waals surface area contributed by atoms with Gasteiger partial charge >= 0.3 is 11.9 Å². The Kier molecular flexibility index (Phi) is 6.37. The summed E-state index contributed by atoms with van der Waals surface area (Å²) in [6, 6.07) is 17.0. The van der Waals surface area contributed by atoms with Crippen LogP contribution < -0.4 is 9.47 Å². The molecule has 1 heterocycles. The molecule has 1 aliphatic heterocycles. The Bertz CT molecular complexity index is 1270. The molecule has 0 aliphatic carbocycles. The van der Waals surface area contributed by atoms with Crippen LogP contribution in [0, 0.1) is 0 Å². The number of benzene rings is 3. The number of carbonyl (C=O) groups excluding carboxylic acids is 2. The van der Waals surface area contributed by atoms with Gasteiger partial charge in [0, 0.05) is 12.0 Å². The van der Waals surface area contributed by atoms with Gasteiger partial charge in [-0.25, -0.2) is 9.79 Å². The van der Waals surface area contributed by atoms with Crippen molar-refractivity contribution in [2.45, 2.75) is 19.8 Å². The largest absolute Gasteiger partial charge is 0.493 e. The number of halogens is 1. The molecule has 0 amide bonds. The van der Waals surface area contributed by atoms with Gasteiger partial charge in [-0.2, -0.15) is 0 Å². The molecule has 0 radical (unpaired) electrons. The van der Waals surface area contributed by atoms with Gasteiger partial charge in [0.2, 0.25) is 5.90 Å². The predicted molar refractivity (Wildman–Crippen MR) is 126 cm³/mol. The number of cyclic esters (lactones) is 1. The monoisotopic (exact) mass is 493 g/mol. The minimum atomic E-state index is -0.540. The van der Waals surface area contributed by atoms with E-state index in [9.17, 15) is 9.59 Å². The van der Waals surface area contributed by atoms with E-state index in [0.717, 1.165) is 16.3 Å². The number of rotatable bonds is 6. The first-order valence-corrected chi connectivity index (χ1v) is 10.9. The second-order valence-corrected chi connectivity index (χ2v) is 7.98. The molecule has 7 heteroatoms. The average molecular weight is 494 g/mol. The second kappa shape index (κ2) is 9.36. The molecular formula is C25H20BrNO5. The first-order chi connectivity index (χ1) is 15.5. The topological polar surface area (TPSA) is 74.2 Å². The van der Waals surface area contributed by atoms with E-state index in [1.165, 1.54) is 7.11 Å². The Morgan fingerprint density at radius 2 is 1.94 bits per heavy atom. The van der Waals surface area contributed by atoms with Crippen molar-refractivity contribution in [3.8, 4) is 11.5 Å². The van der Waals surface area contributed by atoms with Gasteiger partial charge in [-0.15, -0.1) is 0 Å². The number of ether oxygens (including phenoxy) is 3. The van der Waals surface area contributed by atoms with Crippen LogP contribution in [0.5, 0.6) is 11.5 Å². The van der Waals surface area contributed by atoms with E-state index in [4.69, 9.17) is 14.2 Å². The Morgan fingerprint density at radius 1 is 1.16 bits per heavy atom. The van der Waals surface area contributed by atoms with E-state index in [1.54, 1.807) is 18.2 Å². The number of nitrogens with zero attached hydrogens (tertiary/aromatic N) is 1. The smallest absolute Gasteiger partial charge is 0.363 e. The van der Waals surface area contributed by atoms with Crippen molar-refractivity contribution in [3.05, 3.63) is 75.9 Å². The Morgan fingerprint density at radius 3 is 2.72 bits per heavy atom. The lowest BCUT2D eigenvalue weighted by Crippen LogP contribution is -2.08. The summed E-state index contributed by atoms with van der Waals surface area (Å²) in [5.74, 6) is 0.0271. The molecule has 0 saturated carbocycles. The van der Waals surface area contributed by atoms with Gasteiger partial charge in [-0.3, -0.25) is 4.79 Å². The molecule has 0 N–H and O–H groups in total. The van der Waals surface area contributed by atoms with Crippen LogP contribution in [0.15, 0.2) is 69.8 Å². The van der Waals surface area contributed by atoms with Crippen molar-refractivity contribution in [3.63, 3.8) is 0 Å². The molecule has 1 aliphatic rings. The molecule has 0 spiro atoms. The van der Waals surface area contributed by atoms with Crippen LogP contribution in [0.3, 0.4) is 0 Å². The fourth-order valence-corrected chi connectivity index (χ4v) is 3.93. The Labute approximate surface area is 193 Å². The van der Waals surface area contributed by atoms with Crippen molar-refractivity contribution in [2.75, 3.05) is 7.11 Å². The highest BCUT2D eigenvalue weighted by molar-refractivity contribution is 9.10. The summed E-state index contributed by atoms with van der Waals surface area (Å²) >= 11 is 3.42. The fourth-order valence-electron chi connectivity index (χ4n) is 3.39. The molecule has 32 heavy (non-hydrogen) atoms. The molecule has 4 rings (SSSR count). The highest BCUT2D eigenvalue weighted by Crippen LogP contribution is 2.38. The average Bonchev–Trinajstić information content (AvgIpc) is 3.15. The molecule has 6 nitrogen and oxygen atoms in total. The molecule has 0 fully saturated rings. The molecule has 3 aromatic rings. The van der Waals surface area contributed by atoms with Crippen molar-refractivity contribution >= 4 is 50.6 Å². The van der Waals surface area contributed by atoms with Gasteiger partial charge in [-0.05, 0) is 63.0 Å². The summed E-state index contributed by atoms with van der Waals surface area (Å²) in [7, 11) is 1.48. The van der Waals surface area contributed by atoms with E-state index in [0.29, 0.717) is 34.4 Å². The zero-order valence-corrected chi connectivity index (χ0v) is 19.1. The molecule has 0 aromatic heterocycles. The number of fused-ring (bicyclic) bond motifs is 1. The van der Waals surface area contributed by atoms with Crippen LogP contribution in [-0.2, 0) is 14.3 Å². The van der Waals surface area contributed by atoms with Crippen LogP contribution in [0.4, 0.5) is 0 Å². The molecule has 162 valence electrons. The minimum absolute atomic E-state index is 0.164. The maximum atomic E-state index is 12.5. The standard InChI is InChI=1S/C25H20BrNO5/c1-3-7-22(28)31-23-19(26)12-15(14-21(23)30-2)13-20-25(29)32-24(27-20)18-11-6-9-16-8-4-5-10-17(16)18/h4-6,8-14H,3,7H2,1-2H3/b20-13+. The summed E-state index contributed by atoms with van der Waals surface area (Å²) in [4.78, 5) is 28.8. The number of hydrogen-bond acceptors (Lipinski definition) is 6. The molecular weight excluding hydrogens is 474 g/mol. The zero-order valence-electron chi connectivity index (χ0n) is 17.6. The number of hydrogen-bond donors (Lipinski definition) is 0. The number of methoxy groups -OCH3 is 1. The maximum Gasteiger partial charge on any atom is 0.363 e. The highest BCUT2D eigenvalue weighted by atomic mass is 79.9. The quantitative estimate of drug-likeness (QED) is 0.251. The van der Waals surface area contributed by atoms with Gasteiger partial charge in [0.05, 0.1) is 11.6 Å². The maximum absolute atomic E-state index is 12.5. The number of carbonyl (C=O) groups is 2. The lowest BCUT2D eigenvalue weighted by molar-refractivity contribution is -0.134. The Hall–Kier alpha value is -3.45. The van der Waals surface area contributed by atoms with Gasteiger partial charge in [-0.1, -0.05) is 43.3 Å². The van der Waals surface area contributed by atoms with Crippen LogP contribution in [-0.4, -0.2) is 24.9 Å². The van der Waals surface area contributed by atoms with Crippen LogP contribution in [0.1, 0.15) is 30.9 Å². The minimum Gasteiger partial charge on any atom is -0.493 e. The highest BCUT2D eigenvalue weighted by Gasteiger charge is 2.25. The normalized spacial score (nSPS) is 14.4. The SMILES string of the molecule is CCCC(=O)Oc1c(Br)cc(/C=C2/N=C(c3cccc4ccccc34)OC2=O)cc1OC. The van der Waals surface area contributed by atoms with E-state index >= 15 is 0 Å². The van der Waals surface area contributed by atoms with Crippen LogP contribution >= 0.6 is 15.9 Å². The van der Waals surface area contributed by atoms with Gasteiger partial charge in [0.25, 0.3) is 0 Å². The van der Waals surface area contributed by atoms with Crippen LogP contribution in [0.2, 0.25) is 0 Å². The number of aliphatic imine (C=N–C) groups is 1. The summed E-state index contributed by atoms with van der Waals surface area (Å²) in [5.41, 5.74) is 1.55. The third kappa shape index (κ3) is 4.43. The van der Waals surface area contributed by atoms with Gasteiger partial charge in [0.15, 0.2) is 17.2 Å². The first-order valence-electron chi connectivity index (χ1n) is 10.1. The molecule has 3 aromatic carbocycles. The molecule has 0 saturated heterocycles. The summed E-state index contributed by atoms with van der Waals surface area (Å²) in [6.45, 7) is 1.90. The van der Waals surface area contributed by atoms with E-state index < -0.39 is 5.97 Å². The van der Waals surface area contributed by atoms with Crippen LogP contribution in [0.25, 0.3) is 16.8 Å². The Balaban J connectivity index is 1.69. The fraction of sp³-hybridized carbons (Fsp3) is 0.160. The van der Waals surface area contributed by atoms with E-state index in [1.807, 2.05) is 49.4 Å². The first kappa shape index (κ1) is 21.8. The summed E-state index contributed by atoms with van der Waals surface area (Å²) < 4.78 is 16.8. The zero-order chi connectivity index (χ0) is 22.7.